The van der Waals surface area contributed by atoms with Crippen LogP contribution in [0.1, 0.15) is 51.9 Å². The minimum atomic E-state index is 0.232. The van der Waals surface area contributed by atoms with Gasteiger partial charge in [-0.05, 0) is 72.3 Å². The molecule has 0 radical (unpaired) electrons. The highest BCUT2D eigenvalue weighted by Gasteiger charge is 2.08. The number of rotatable bonds is 8. The first-order valence-corrected chi connectivity index (χ1v) is 7.80. The van der Waals surface area contributed by atoms with E-state index in [1.165, 1.54) is 18.5 Å². The van der Waals surface area contributed by atoms with Gasteiger partial charge in [0.2, 0.25) is 0 Å². The summed E-state index contributed by atoms with van der Waals surface area (Å²) < 4.78 is 0. The van der Waals surface area contributed by atoms with Gasteiger partial charge in [-0.1, -0.05) is 13.0 Å². The Labute approximate surface area is 124 Å². The molecule has 0 aromatic carbocycles. The molecule has 1 aromatic heterocycles. The van der Waals surface area contributed by atoms with E-state index in [1.807, 2.05) is 0 Å². The van der Waals surface area contributed by atoms with Crippen LogP contribution in [-0.4, -0.2) is 35.1 Å². The molecule has 1 aromatic rings. The largest absolute Gasteiger partial charge is 0.312 e. The molecular formula is C17H31N3. The molecule has 1 rings (SSSR count). The van der Waals surface area contributed by atoms with Gasteiger partial charge in [0.25, 0.3) is 0 Å². The fourth-order valence-electron chi connectivity index (χ4n) is 2.19. The third-order valence-corrected chi connectivity index (χ3v) is 3.34. The van der Waals surface area contributed by atoms with Crippen LogP contribution in [-0.2, 0) is 6.54 Å². The van der Waals surface area contributed by atoms with Crippen molar-refractivity contribution in [2.75, 3.05) is 19.6 Å². The third kappa shape index (κ3) is 7.61. The lowest BCUT2D eigenvalue weighted by Gasteiger charge is -2.22. The van der Waals surface area contributed by atoms with Gasteiger partial charge in [-0.3, -0.25) is 9.88 Å². The van der Waals surface area contributed by atoms with Crippen LogP contribution < -0.4 is 5.32 Å². The summed E-state index contributed by atoms with van der Waals surface area (Å²) in [7, 11) is 0. The lowest BCUT2D eigenvalue weighted by Crippen LogP contribution is -2.36. The number of hydrogen-bond acceptors (Lipinski definition) is 3. The van der Waals surface area contributed by atoms with E-state index in [4.69, 9.17) is 0 Å². The van der Waals surface area contributed by atoms with E-state index < -0.39 is 0 Å². The fraction of sp³-hybridized carbons (Fsp3) is 0.706. The lowest BCUT2D eigenvalue weighted by atomic mass is 10.1. The van der Waals surface area contributed by atoms with Crippen LogP contribution in [0.3, 0.4) is 0 Å². The Morgan fingerprint density at radius 2 is 1.95 bits per heavy atom. The van der Waals surface area contributed by atoms with E-state index in [2.05, 4.69) is 68.0 Å². The van der Waals surface area contributed by atoms with Crippen molar-refractivity contribution in [3.63, 3.8) is 0 Å². The van der Waals surface area contributed by atoms with Crippen molar-refractivity contribution in [1.82, 2.24) is 15.2 Å². The predicted octanol–water partition coefficient (Wildman–Crippen LogP) is 3.38. The minimum Gasteiger partial charge on any atom is -0.312 e. The summed E-state index contributed by atoms with van der Waals surface area (Å²) in [4.78, 5) is 7.05. The van der Waals surface area contributed by atoms with Crippen molar-refractivity contribution in [2.24, 2.45) is 0 Å². The van der Waals surface area contributed by atoms with Crippen LogP contribution in [0.5, 0.6) is 0 Å². The van der Waals surface area contributed by atoms with Gasteiger partial charge in [-0.2, -0.15) is 0 Å². The molecule has 0 aliphatic carbocycles. The predicted molar refractivity (Wildman–Crippen MR) is 86.9 cm³/mol. The highest BCUT2D eigenvalue weighted by Crippen LogP contribution is 2.05. The molecule has 0 aliphatic heterocycles. The number of aromatic nitrogens is 1. The maximum absolute atomic E-state index is 4.58. The molecule has 3 nitrogen and oxygen atoms in total. The molecular weight excluding hydrogens is 246 g/mol. The smallest absolute Gasteiger partial charge is 0.0547 e. The van der Waals surface area contributed by atoms with Gasteiger partial charge in [0.05, 0.1) is 5.69 Å². The second-order valence-corrected chi connectivity index (χ2v) is 6.52. The number of nitrogens with zero attached hydrogens (tertiary/aromatic N) is 2. The van der Waals surface area contributed by atoms with Gasteiger partial charge in [-0.15, -0.1) is 0 Å². The van der Waals surface area contributed by atoms with Crippen LogP contribution in [0.4, 0.5) is 0 Å². The van der Waals surface area contributed by atoms with Crippen LogP contribution in [0, 0.1) is 6.92 Å². The number of unbranched alkanes of at least 4 members (excludes halogenated alkanes) is 1. The first-order valence-electron chi connectivity index (χ1n) is 7.80. The zero-order valence-corrected chi connectivity index (χ0v) is 13.9. The van der Waals surface area contributed by atoms with Crippen LogP contribution in [0.25, 0.3) is 0 Å². The minimum absolute atomic E-state index is 0.232. The van der Waals surface area contributed by atoms with Crippen LogP contribution in [0.2, 0.25) is 0 Å². The van der Waals surface area contributed by atoms with E-state index in [9.17, 15) is 0 Å². The van der Waals surface area contributed by atoms with E-state index in [0.29, 0.717) is 0 Å². The average molecular weight is 277 g/mol. The van der Waals surface area contributed by atoms with Gasteiger partial charge >= 0.3 is 0 Å². The first-order chi connectivity index (χ1) is 9.40. The molecule has 0 saturated heterocycles. The van der Waals surface area contributed by atoms with Crippen molar-refractivity contribution >= 4 is 0 Å². The molecule has 0 spiro atoms. The summed E-state index contributed by atoms with van der Waals surface area (Å²) in [6.07, 6.45) is 2.47. The molecule has 20 heavy (non-hydrogen) atoms. The molecule has 0 fully saturated rings. The van der Waals surface area contributed by atoms with Gasteiger partial charge in [0.1, 0.15) is 0 Å². The highest BCUT2D eigenvalue weighted by atomic mass is 15.1. The highest BCUT2D eigenvalue weighted by molar-refractivity contribution is 5.09. The van der Waals surface area contributed by atoms with Crippen molar-refractivity contribution in [3.8, 4) is 0 Å². The molecule has 0 bridgehead atoms. The molecule has 0 unspecified atom stereocenters. The Balaban J connectivity index is 2.26. The van der Waals surface area contributed by atoms with Gasteiger partial charge in [-0.25, -0.2) is 0 Å². The summed E-state index contributed by atoms with van der Waals surface area (Å²) in [6.45, 7) is 15.2. The van der Waals surface area contributed by atoms with Crippen LogP contribution in [0.15, 0.2) is 18.2 Å². The SMILES string of the molecule is CCN(CCCCNC(C)(C)C)Cc1cccc(C)n1. The first kappa shape index (κ1) is 17.1. The molecule has 1 N–H and O–H groups in total. The third-order valence-electron chi connectivity index (χ3n) is 3.34. The molecule has 1 heterocycles. The van der Waals surface area contributed by atoms with Gasteiger partial charge in [0.15, 0.2) is 0 Å². The average Bonchev–Trinajstić information content (AvgIpc) is 2.35. The van der Waals surface area contributed by atoms with Crippen molar-refractivity contribution in [2.45, 2.75) is 59.5 Å². The second-order valence-electron chi connectivity index (χ2n) is 6.52. The molecule has 0 saturated carbocycles. The molecule has 0 atom stereocenters. The van der Waals surface area contributed by atoms with E-state index >= 15 is 0 Å². The Bertz CT molecular complexity index is 382. The zero-order chi connectivity index (χ0) is 15.0. The molecule has 114 valence electrons. The number of aryl methyl sites for hydroxylation is 1. The monoisotopic (exact) mass is 277 g/mol. The summed E-state index contributed by atoms with van der Waals surface area (Å²) in [5.74, 6) is 0. The van der Waals surface area contributed by atoms with E-state index in [0.717, 1.165) is 31.9 Å². The van der Waals surface area contributed by atoms with E-state index in [1.54, 1.807) is 0 Å². The van der Waals surface area contributed by atoms with Crippen molar-refractivity contribution in [3.05, 3.63) is 29.6 Å². The van der Waals surface area contributed by atoms with Crippen molar-refractivity contribution < 1.29 is 0 Å². The lowest BCUT2D eigenvalue weighted by molar-refractivity contribution is 0.268. The molecule has 3 heteroatoms. The van der Waals surface area contributed by atoms with Crippen LogP contribution >= 0.6 is 0 Å². The van der Waals surface area contributed by atoms with Crippen molar-refractivity contribution in [1.29, 1.82) is 0 Å². The number of nitrogens with one attached hydrogen (secondary N) is 1. The summed E-state index contributed by atoms with van der Waals surface area (Å²) >= 11 is 0. The molecule has 0 amide bonds. The quantitative estimate of drug-likeness (QED) is 0.738. The summed E-state index contributed by atoms with van der Waals surface area (Å²) in [5, 5.41) is 3.54. The Morgan fingerprint density at radius 3 is 2.55 bits per heavy atom. The Kier molecular flexibility index (Phi) is 7.17. The Morgan fingerprint density at radius 1 is 1.20 bits per heavy atom. The molecule has 0 aliphatic rings. The summed E-state index contributed by atoms with van der Waals surface area (Å²) in [5.41, 5.74) is 2.52. The maximum Gasteiger partial charge on any atom is 0.0547 e. The standard InChI is InChI=1S/C17H31N3/c1-6-20(13-8-7-12-18-17(3,4)5)14-16-11-9-10-15(2)19-16/h9-11,18H,6-8,12-14H2,1-5H3. The Hall–Kier alpha value is -0.930. The zero-order valence-electron chi connectivity index (χ0n) is 13.9. The number of pyridine rings is 1. The normalized spacial score (nSPS) is 12.1. The fourth-order valence-corrected chi connectivity index (χ4v) is 2.19. The van der Waals surface area contributed by atoms with Gasteiger partial charge < -0.3 is 5.32 Å². The maximum atomic E-state index is 4.58. The second kappa shape index (κ2) is 8.38. The van der Waals surface area contributed by atoms with Gasteiger partial charge in [0, 0.05) is 17.8 Å². The topological polar surface area (TPSA) is 28.2 Å². The number of hydrogen-bond donors (Lipinski definition) is 1. The van der Waals surface area contributed by atoms with E-state index in [-0.39, 0.29) is 5.54 Å². The summed E-state index contributed by atoms with van der Waals surface area (Å²) in [6, 6.07) is 6.27.